The van der Waals surface area contributed by atoms with Gasteiger partial charge in [-0.3, -0.25) is 0 Å². The standard InChI is InChI=1S/C20H26F3NO4S/c1-27-19(15-7-9-18(10-8-15)28-29(25,26)20(21,22)23)16-3-2-4-17(19)13-24(12-16)11-14-5-6-14/h7-10,14,16-17H,2-6,11-13H2,1H3/t16-,17+,19+. The van der Waals surface area contributed by atoms with Crippen molar-refractivity contribution in [1.82, 2.24) is 4.90 Å². The highest BCUT2D eigenvalue weighted by atomic mass is 32.2. The van der Waals surface area contributed by atoms with Crippen LogP contribution < -0.4 is 4.18 Å². The molecule has 162 valence electrons. The summed E-state index contributed by atoms with van der Waals surface area (Å²) in [5.41, 5.74) is -5.08. The normalized spacial score (nSPS) is 30.9. The van der Waals surface area contributed by atoms with Crippen molar-refractivity contribution in [3.63, 3.8) is 0 Å². The van der Waals surface area contributed by atoms with Crippen LogP contribution in [0.3, 0.4) is 0 Å². The van der Waals surface area contributed by atoms with Crippen LogP contribution in [0.2, 0.25) is 0 Å². The summed E-state index contributed by atoms with van der Waals surface area (Å²) in [6.45, 7) is 3.03. The zero-order chi connectivity index (χ0) is 20.9. The van der Waals surface area contributed by atoms with Crippen LogP contribution in [0.25, 0.3) is 0 Å². The molecule has 3 fully saturated rings. The fourth-order valence-corrected chi connectivity index (χ4v) is 5.67. The topological polar surface area (TPSA) is 55.8 Å². The first kappa shape index (κ1) is 20.9. The zero-order valence-corrected chi connectivity index (χ0v) is 17.1. The van der Waals surface area contributed by atoms with E-state index >= 15 is 0 Å². The number of ether oxygens (including phenoxy) is 1. The van der Waals surface area contributed by atoms with Gasteiger partial charge in [0.05, 0.1) is 0 Å². The molecule has 1 aliphatic heterocycles. The van der Waals surface area contributed by atoms with Crippen LogP contribution in [-0.4, -0.2) is 45.6 Å². The van der Waals surface area contributed by atoms with Crippen LogP contribution in [0.4, 0.5) is 13.2 Å². The maximum absolute atomic E-state index is 12.6. The van der Waals surface area contributed by atoms with Gasteiger partial charge in [-0.25, -0.2) is 0 Å². The van der Waals surface area contributed by atoms with Crippen molar-refractivity contribution >= 4 is 10.1 Å². The van der Waals surface area contributed by atoms with E-state index in [-0.39, 0.29) is 5.75 Å². The van der Waals surface area contributed by atoms with E-state index in [0.717, 1.165) is 50.4 Å². The van der Waals surface area contributed by atoms with Gasteiger partial charge in [0, 0.05) is 38.6 Å². The summed E-state index contributed by atoms with van der Waals surface area (Å²) in [6.07, 6.45) is 5.83. The maximum atomic E-state index is 12.6. The molecule has 2 aliphatic carbocycles. The highest BCUT2D eigenvalue weighted by Gasteiger charge is 2.53. The van der Waals surface area contributed by atoms with Crippen LogP contribution in [0.5, 0.6) is 5.75 Å². The summed E-state index contributed by atoms with van der Waals surface area (Å²) in [7, 11) is -3.98. The molecule has 3 atom stereocenters. The highest BCUT2D eigenvalue weighted by molar-refractivity contribution is 7.88. The fraction of sp³-hybridized carbons (Fsp3) is 0.700. The first-order valence-corrected chi connectivity index (χ1v) is 11.5. The largest absolute Gasteiger partial charge is 0.534 e. The van der Waals surface area contributed by atoms with E-state index in [1.165, 1.54) is 25.0 Å². The second-order valence-corrected chi connectivity index (χ2v) is 10.0. The van der Waals surface area contributed by atoms with Crippen LogP contribution in [0, 0.1) is 17.8 Å². The number of hydrogen-bond donors (Lipinski definition) is 0. The number of alkyl halides is 3. The Morgan fingerprint density at radius 2 is 1.66 bits per heavy atom. The number of benzene rings is 1. The van der Waals surface area contributed by atoms with Gasteiger partial charge in [-0.05, 0) is 49.3 Å². The molecular formula is C20H26F3NO4S. The zero-order valence-electron chi connectivity index (χ0n) is 16.3. The third-order valence-electron chi connectivity index (χ3n) is 6.62. The van der Waals surface area contributed by atoms with Gasteiger partial charge in [-0.15, -0.1) is 0 Å². The Kier molecular flexibility index (Phi) is 5.36. The van der Waals surface area contributed by atoms with Gasteiger partial charge >= 0.3 is 15.6 Å². The third kappa shape index (κ3) is 3.88. The number of piperidine rings is 1. The molecule has 29 heavy (non-hydrogen) atoms. The lowest BCUT2D eigenvalue weighted by atomic mass is 9.62. The Bertz CT molecular complexity index is 822. The van der Waals surface area contributed by atoms with E-state index in [2.05, 4.69) is 9.08 Å². The maximum Gasteiger partial charge on any atom is 0.534 e. The van der Waals surface area contributed by atoms with Crippen LogP contribution in [-0.2, 0) is 20.5 Å². The minimum atomic E-state index is -5.68. The Morgan fingerprint density at radius 1 is 1.07 bits per heavy atom. The predicted molar refractivity (Wildman–Crippen MR) is 101 cm³/mol. The lowest BCUT2D eigenvalue weighted by molar-refractivity contribution is -0.169. The second kappa shape index (κ2) is 7.42. The molecule has 9 heteroatoms. The summed E-state index contributed by atoms with van der Waals surface area (Å²) in [4.78, 5) is 2.54. The summed E-state index contributed by atoms with van der Waals surface area (Å²) < 4.78 is 70.5. The minimum absolute atomic E-state index is 0.296. The molecule has 0 amide bonds. The monoisotopic (exact) mass is 433 g/mol. The van der Waals surface area contributed by atoms with Gasteiger partial charge in [-0.2, -0.15) is 21.6 Å². The minimum Gasteiger partial charge on any atom is -0.376 e. The molecule has 1 heterocycles. The molecule has 1 saturated heterocycles. The molecule has 1 aromatic carbocycles. The summed E-state index contributed by atoms with van der Waals surface area (Å²) in [6, 6.07) is 5.86. The van der Waals surface area contributed by atoms with Crippen molar-refractivity contribution < 1.29 is 30.5 Å². The van der Waals surface area contributed by atoms with Crippen molar-refractivity contribution in [1.29, 1.82) is 0 Å². The molecule has 0 radical (unpaired) electrons. The number of hydrogen-bond acceptors (Lipinski definition) is 5. The van der Waals surface area contributed by atoms with E-state index in [1.54, 1.807) is 19.2 Å². The molecule has 4 rings (SSSR count). The molecule has 0 unspecified atom stereocenters. The molecule has 2 bridgehead atoms. The van der Waals surface area contributed by atoms with E-state index in [4.69, 9.17) is 4.74 Å². The Labute approximate surface area is 169 Å². The summed E-state index contributed by atoms with van der Waals surface area (Å²) >= 11 is 0. The van der Waals surface area contributed by atoms with Gasteiger partial charge in [0.25, 0.3) is 0 Å². The van der Waals surface area contributed by atoms with Crippen molar-refractivity contribution in [2.45, 2.75) is 43.2 Å². The molecule has 5 nitrogen and oxygen atoms in total. The van der Waals surface area contributed by atoms with Crippen LogP contribution in [0.15, 0.2) is 24.3 Å². The predicted octanol–water partition coefficient (Wildman–Crippen LogP) is 3.90. The number of methoxy groups -OCH3 is 1. The molecule has 0 N–H and O–H groups in total. The molecular weight excluding hydrogens is 407 g/mol. The quantitative estimate of drug-likeness (QED) is 0.503. The smallest absolute Gasteiger partial charge is 0.376 e. The van der Waals surface area contributed by atoms with Crippen LogP contribution >= 0.6 is 0 Å². The number of nitrogens with zero attached hydrogens (tertiary/aromatic N) is 1. The average Bonchev–Trinajstić information content (AvgIpc) is 3.44. The van der Waals surface area contributed by atoms with E-state index in [0.29, 0.717) is 11.8 Å². The molecule has 0 spiro atoms. The third-order valence-corrected chi connectivity index (χ3v) is 7.60. The van der Waals surface area contributed by atoms with E-state index in [1.807, 2.05) is 0 Å². The number of likely N-dealkylation sites (tertiary alicyclic amines) is 1. The van der Waals surface area contributed by atoms with Gasteiger partial charge < -0.3 is 13.8 Å². The van der Waals surface area contributed by atoms with E-state index < -0.39 is 21.2 Å². The Morgan fingerprint density at radius 3 is 2.14 bits per heavy atom. The van der Waals surface area contributed by atoms with Crippen molar-refractivity contribution in [3.05, 3.63) is 29.8 Å². The number of fused-ring (bicyclic) bond motifs is 2. The number of rotatable bonds is 6. The number of halogens is 3. The van der Waals surface area contributed by atoms with Gasteiger partial charge in [0.2, 0.25) is 0 Å². The summed E-state index contributed by atoms with van der Waals surface area (Å²) in [5, 5.41) is 0. The Hall–Kier alpha value is -1.32. The van der Waals surface area contributed by atoms with Gasteiger partial charge in [0.15, 0.2) is 0 Å². The van der Waals surface area contributed by atoms with Crippen LogP contribution in [0.1, 0.15) is 37.7 Å². The van der Waals surface area contributed by atoms with E-state index in [9.17, 15) is 21.6 Å². The van der Waals surface area contributed by atoms with Gasteiger partial charge in [-0.1, -0.05) is 18.6 Å². The lowest BCUT2D eigenvalue weighted by Gasteiger charge is -2.55. The first-order valence-electron chi connectivity index (χ1n) is 10.0. The average molecular weight is 433 g/mol. The Balaban J connectivity index is 1.57. The molecule has 0 aromatic heterocycles. The molecule has 1 aromatic rings. The highest BCUT2D eigenvalue weighted by Crippen LogP contribution is 2.52. The first-order chi connectivity index (χ1) is 13.7. The SMILES string of the molecule is CO[C@@]1(c2ccc(OS(=O)(=O)C(F)(F)F)cc2)[C@@H]2CCC[C@H]1CN(CC1CC1)C2. The second-order valence-electron chi connectivity index (χ2n) is 8.49. The van der Waals surface area contributed by atoms with Crippen molar-refractivity contribution in [3.8, 4) is 5.75 Å². The van der Waals surface area contributed by atoms with Gasteiger partial charge in [0.1, 0.15) is 11.4 Å². The summed E-state index contributed by atoms with van der Waals surface area (Å²) in [5.74, 6) is 1.06. The molecule has 3 aliphatic rings. The van der Waals surface area contributed by atoms with Crippen molar-refractivity contribution in [2.24, 2.45) is 17.8 Å². The lowest BCUT2D eigenvalue weighted by Crippen LogP contribution is -2.59. The fourth-order valence-electron chi connectivity index (χ4n) is 5.21. The van der Waals surface area contributed by atoms with Crippen molar-refractivity contribution in [2.75, 3.05) is 26.7 Å². The molecule has 2 saturated carbocycles.